The van der Waals surface area contributed by atoms with Crippen molar-refractivity contribution in [3.63, 3.8) is 0 Å². The minimum Gasteiger partial charge on any atom is -0.192 e. The lowest BCUT2D eigenvalue weighted by molar-refractivity contribution is 1.36. The molecule has 0 heterocycles. The topological polar surface area (TPSA) is 23.8 Å². The van der Waals surface area contributed by atoms with Crippen LogP contribution in [0, 0.1) is 25.2 Å². The maximum atomic E-state index is 9.73. The van der Waals surface area contributed by atoms with Gasteiger partial charge >= 0.3 is 0 Å². The molecule has 3 rings (SSSR count). The summed E-state index contributed by atoms with van der Waals surface area (Å²) in [5.41, 5.74) is 8.35. The minimum atomic E-state index is 0.701. The SMILES string of the molecule is C=Cc1cc(C)c(/C=C/c2cccc(-c3ccccc3)c2C#N)cc1C. The molecule has 1 nitrogen and oxygen atoms in total. The Morgan fingerprint density at radius 3 is 2.15 bits per heavy atom. The first kappa shape index (κ1) is 17.5. The third-order valence-electron chi connectivity index (χ3n) is 4.61. The van der Waals surface area contributed by atoms with Gasteiger partial charge in [-0.15, -0.1) is 0 Å². The lowest BCUT2D eigenvalue weighted by Crippen LogP contribution is -1.90. The van der Waals surface area contributed by atoms with Gasteiger partial charge in [0.1, 0.15) is 6.07 Å². The zero-order valence-electron chi connectivity index (χ0n) is 15.2. The molecule has 0 N–H and O–H groups in total. The predicted octanol–water partition coefficient (Wildman–Crippen LogP) is 6.66. The number of rotatable bonds is 4. The van der Waals surface area contributed by atoms with Crippen LogP contribution in [-0.4, -0.2) is 0 Å². The number of aryl methyl sites for hydroxylation is 2. The second kappa shape index (κ2) is 7.68. The second-order valence-corrected chi connectivity index (χ2v) is 6.35. The van der Waals surface area contributed by atoms with Crippen molar-refractivity contribution in [2.75, 3.05) is 0 Å². The van der Waals surface area contributed by atoms with E-state index in [2.05, 4.69) is 44.7 Å². The second-order valence-electron chi connectivity index (χ2n) is 6.35. The highest BCUT2D eigenvalue weighted by atomic mass is 14.3. The molecule has 0 aliphatic rings. The first-order valence-electron chi connectivity index (χ1n) is 8.64. The lowest BCUT2D eigenvalue weighted by atomic mass is 9.95. The fourth-order valence-corrected chi connectivity index (χ4v) is 3.13. The number of hydrogen-bond donors (Lipinski definition) is 0. The van der Waals surface area contributed by atoms with Crippen molar-refractivity contribution in [2.45, 2.75) is 13.8 Å². The van der Waals surface area contributed by atoms with Crippen LogP contribution in [0.5, 0.6) is 0 Å². The fourth-order valence-electron chi connectivity index (χ4n) is 3.13. The molecule has 3 aromatic carbocycles. The van der Waals surface area contributed by atoms with Gasteiger partial charge in [-0.2, -0.15) is 5.26 Å². The molecule has 126 valence electrons. The molecule has 0 aromatic heterocycles. The summed E-state index contributed by atoms with van der Waals surface area (Å²) in [6, 6.07) is 22.7. The third kappa shape index (κ3) is 3.50. The zero-order valence-corrected chi connectivity index (χ0v) is 15.2. The van der Waals surface area contributed by atoms with Gasteiger partial charge in [-0.05, 0) is 47.2 Å². The van der Waals surface area contributed by atoms with E-state index in [9.17, 15) is 5.26 Å². The molecule has 0 saturated heterocycles. The number of benzene rings is 3. The molecule has 0 fully saturated rings. The molecule has 0 bridgehead atoms. The van der Waals surface area contributed by atoms with Crippen LogP contribution in [0.4, 0.5) is 0 Å². The van der Waals surface area contributed by atoms with E-state index in [0.717, 1.165) is 27.8 Å². The molecule has 0 aliphatic heterocycles. The molecule has 3 aromatic rings. The van der Waals surface area contributed by atoms with Crippen LogP contribution in [-0.2, 0) is 0 Å². The van der Waals surface area contributed by atoms with Crippen molar-refractivity contribution in [1.29, 1.82) is 5.26 Å². The molecule has 0 atom stereocenters. The van der Waals surface area contributed by atoms with Crippen molar-refractivity contribution < 1.29 is 0 Å². The molecule has 26 heavy (non-hydrogen) atoms. The minimum absolute atomic E-state index is 0.701. The van der Waals surface area contributed by atoms with Crippen LogP contribution in [0.25, 0.3) is 29.4 Å². The summed E-state index contributed by atoms with van der Waals surface area (Å²) < 4.78 is 0. The van der Waals surface area contributed by atoms with E-state index in [4.69, 9.17) is 0 Å². The van der Waals surface area contributed by atoms with E-state index in [1.165, 1.54) is 11.1 Å². The van der Waals surface area contributed by atoms with Gasteiger partial charge in [0, 0.05) is 5.56 Å². The van der Waals surface area contributed by atoms with Gasteiger partial charge in [0.05, 0.1) is 5.56 Å². The molecular formula is C25H21N. The molecule has 0 aliphatic carbocycles. The third-order valence-corrected chi connectivity index (χ3v) is 4.61. The number of nitriles is 1. The Labute approximate surface area is 155 Å². The van der Waals surface area contributed by atoms with Crippen LogP contribution >= 0.6 is 0 Å². The number of nitrogens with zero attached hydrogens (tertiary/aromatic N) is 1. The van der Waals surface area contributed by atoms with Gasteiger partial charge in [0.15, 0.2) is 0 Å². The van der Waals surface area contributed by atoms with Gasteiger partial charge in [-0.25, -0.2) is 0 Å². The Hall–Kier alpha value is -3.37. The van der Waals surface area contributed by atoms with Gasteiger partial charge in [-0.3, -0.25) is 0 Å². The highest BCUT2D eigenvalue weighted by Crippen LogP contribution is 2.27. The highest BCUT2D eigenvalue weighted by Gasteiger charge is 2.08. The Morgan fingerprint density at radius 2 is 1.46 bits per heavy atom. The van der Waals surface area contributed by atoms with Crippen molar-refractivity contribution in [3.8, 4) is 17.2 Å². The summed E-state index contributed by atoms with van der Waals surface area (Å²) >= 11 is 0. The summed E-state index contributed by atoms with van der Waals surface area (Å²) in [6.07, 6.45) is 5.99. The van der Waals surface area contributed by atoms with Crippen LogP contribution in [0.3, 0.4) is 0 Å². The van der Waals surface area contributed by atoms with Crippen LogP contribution < -0.4 is 0 Å². The highest BCUT2D eigenvalue weighted by molar-refractivity contribution is 5.81. The largest absolute Gasteiger partial charge is 0.192 e. The summed E-state index contributed by atoms with van der Waals surface area (Å²) in [5.74, 6) is 0. The standard InChI is InChI=1S/C25H21N/c1-4-20-15-19(3)23(16-18(20)2)14-13-22-11-8-12-24(25(22)17-26)21-9-6-5-7-10-21/h4-16H,1H2,2-3H3/b14-13+. The van der Waals surface area contributed by atoms with E-state index in [-0.39, 0.29) is 0 Å². The summed E-state index contributed by atoms with van der Waals surface area (Å²) in [7, 11) is 0. The van der Waals surface area contributed by atoms with E-state index >= 15 is 0 Å². The van der Waals surface area contributed by atoms with Crippen LogP contribution in [0.2, 0.25) is 0 Å². The molecule has 0 unspecified atom stereocenters. The van der Waals surface area contributed by atoms with Crippen molar-refractivity contribution in [3.05, 3.63) is 101 Å². The molecule has 0 spiro atoms. The molecular weight excluding hydrogens is 314 g/mol. The summed E-state index contributed by atoms with van der Waals surface area (Å²) in [5, 5.41) is 9.73. The first-order valence-corrected chi connectivity index (χ1v) is 8.64. The summed E-state index contributed by atoms with van der Waals surface area (Å²) in [4.78, 5) is 0. The molecule has 0 saturated carbocycles. The van der Waals surface area contributed by atoms with Gasteiger partial charge in [0.2, 0.25) is 0 Å². The van der Waals surface area contributed by atoms with E-state index in [1.54, 1.807) is 0 Å². The monoisotopic (exact) mass is 335 g/mol. The van der Waals surface area contributed by atoms with Crippen LogP contribution in [0.15, 0.2) is 67.2 Å². The van der Waals surface area contributed by atoms with E-state index < -0.39 is 0 Å². The molecule has 0 radical (unpaired) electrons. The maximum absolute atomic E-state index is 9.73. The number of hydrogen-bond acceptors (Lipinski definition) is 1. The molecule has 0 amide bonds. The van der Waals surface area contributed by atoms with E-state index in [0.29, 0.717) is 5.56 Å². The van der Waals surface area contributed by atoms with Gasteiger partial charge in [0.25, 0.3) is 0 Å². The first-order chi connectivity index (χ1) is 12.6. The van der Waals surface area contributed by atoms with E-state index in [1.807, 2.05) is 60.7 Å². The van der Waals surface area contributed by atoms with Gasteiger partial charge in [-0.1, -0.05) is 85.5 Å². The van der Waals surface area contributed by atoms with Crippen molar-refractivity contribution in [1.82, 2.24) is 0 Å². The Balaban J connectivity index is 2.04. The molecule has 1 heteroatoms. The Morgan fingerprint density at radius 1 is 0.808 bits per heavy atom. The Kier molecular flexibility index (Phi) is 5.15. The average Bonchev–Trinajstić information content (AvgIpc) is 2.68. The normalized spacial score (nSPS) is 10.7. The van der Waals surface area contributed by atoms with Crippen molar-refractivity contribution in [2.24, 2.45) is 0 Å². The van der Waals surface area contributed by atoms with Gasteiger partial charge < -0.3 is 0 Å². The quantitative estimate of drug-likeness (QED) is 0.489. The summed E-state index contributed by atoms with van der Waals surface area (Å²) in [6.45, 7) is 8.05. The zero-order chi connectivity index (χ0) is 18.5. The fraction of sp³-hybridized carbons (Fsp3) is 0.0800. The smallest absolute Gasteiger partial charge is 0.100 e. The van der Waals surface area contributed by atoms with Crippen LogP contribution in [0.1, 0.15) is 33.4 Å². The maximum Gasteiger partial charge on any atom is 0.100 e. The Bertz CT molecular complexity index is 1020. The lowest BCUT2D eigenvalue weighted by Gasteiger charge is -2.09. The average molecular weight is 335 g/mol. The van der Waals surface area contributed by atoms with Crippen molar-refractivity contribution >= 4 is 18.2 Å². The predicted molar refractivity (Wildman–Crippen MR) is 112 cm³/mol.